The van der Waals surface area contributed by atoms with Crippen molar-refractivity contribution < 1.29 is 9.31 Å². The second-order valence-corrected chi connectivity index (χ2v) is 2.78. The third-order valence-corrected chi connectivity index (χ3v) is 1.89. The number of nitrogens with zero attached hydrogens (tertiary/aromatic N) is 1. The Kier molecular flexibility index (Phi) is 2.96. The number of benzene rings is 1. The van der Waals surface area contributed by atoms with Crippen LogP contribution >= 0.6 is 0 Å². The standard InChI is InChI=1S/C10H9FNO2/c1-3-7(2)8-5-4-6-9(10(8)11)12(13)14/h3-7H,1-2H2. The van der Waals surface area contributed by atoms with Crippen LogP contribution in [-0.2, 0) is 0 Å². The lowest BCUT2D eigenvalue weighted by Gasteiger charge is -2.06. The first-order valence-electron chi connectivity index (χ1n) is 3.96. The molecule has 4 heteroatoms. The van der Waals surface area contributed by atoms with E-state index in [1.165, 1.54) is 18.2 Å². The van der Waals surface area contributed by atoms with E-state index in [-0.39, 0.29) is 5.56 Å². The SMILES string of the molecule is [CH2]C(C=C)c1cccc([N+](=O)[O-])c1F. The third-order valence-electron chi connectivity index (χ3n) is 1.89. The number of rotatable bonds is 3. The topological polar surface area (TPSA) is 43.1 Å². The average Bonchev–Trinajstić information content (AvgIpc) is 2.16. The maximum atomic E-state index is 13.4. The number of hydrogen-bond donors (Lipinski definition) is 0. The molecule has 1 aromatic rings. The van der Waals surface area contributed by atoms with Gasteiger partial charge >= 0.3 is 5.69 Å². The van der Waals surface area contributed by atoms with E-state index >= 15 is 0 Å². The summed E-state index contributed by atoms with van der Waals surface area (Å²) < 4.78 is 13.4. The molecule has 0 saturated heterocycles. The normalized spacial score (nSPS) is 12.1. The maximum absolute atomic E-state index is 13.4. The second-order valence-electron chi connectivity index (χ2n) is 2.78. The first-order valence-corrected chi connectivity index (χ1v) is 3.96. The van der Waals surface area contributed by atoms with Crippen LogP contribution < -0.4 is 0 Å². The second kappa shape index (κ2) is 4.00. The molecule has 0 saturated carbocycles. The van der Waals surface area contributed by atoms with Crippen LogP contribution in [0.25, 0.3) is 0 Å². The van der Waals surface area contributed by atoms with Gasteiger partial charge in [-0.2, -0.15) is 4.39 Å². The Morgan fingerprint density at radius 2 is 2.21 bits per heavy atom. The number of nitro benzene ring substituents is 1. The quantitative estimate of drug-likeness (QED) is 0.422. The van der Waals surface area contributed by atoms with E-state index in [4.69, 9.17) is 0 Å². The van der Waals surface area contributed by atoms with Crippen LogP contribution in [0.3, 0.4) is 0 Å². The van der Waals surface area contributed by atoms with Crippen LogP contribution in [0.4, 0.5) is 10.1 Å². The predicted molar refractivity (Wildman–Crippen MR) is 51.3 cm³/mol. The molecular weight excluding hydrogens is 185 g/mol. The summed E-state index contributed by atoms with van der Waals surface area (Å²) in [6.45, 7) is 7.06. The Morgan fingerprint density at radius 3 is 2.71 bits per heavy atom. The predicted octanol–water partition coefficient (Wildman–Crippen LogP) is 2.84. The summed E-state index contributed by atoms with van der Waals surface area (Å²) in [4.78, 5) is 9.65. The molecule has 0 fully saturated rings. The molecular formula is C10H9FNO2. The highest BCUT2D eigenvalue weighted by molar-refractivity contribution is 5.40. The number of allylic oxidation sites excluding steroid dienone is 1. The molecule has 0 bridgehead atoms. The molecule has 0 heterocycles. The minimum Gasteiger partial charge on any atom is -0.258 e. The van der Waals surface area contributed by atoms with E-state index in [1.54, 1.807) is 0 Å². The van der Waals surface area contributed by atoms with Crippen molar-refractivity contribution in [1.82, 2.24) is 0 Å². The molecule has 1 unspecified atom stereocenters. The Bertz CT molecular complexity index is 376. The van der Waals surface area contributed by atoms with Gasteiger partial charge in [0.05, 0.1) is 4.92 Å². The molecule has 1 atom stereocenters. The van der Waals surface area contributed by atoms with Gasteiger partial charge in [-0.15, -0.1) is 6.58 Å². The first kappa shape index (κ1) is 10.4. The fourth-order valence-electron chi connectivity index (χ4n) is 1.09. The Labute approximate surface area is 81.0 Å². The van der Waals surface area contributed by atoms with E-state index in [9.17, 15) is 14.5 Å². The van der Waals surface area contributed by atoms with Crippen molar-refractivity contribution in [3.8, 4) is 0 Å². The van der Waals surface area contributed by atoms with Gasteiger partial charge in [-0.05, 0) is 6.92 Å². The molecule has 0 aliphatic heterocycles. The van der Waals surface area contributed by atoms with Crippen molar-refractivity contribution in [2.24, 2.45) is 0 Å². The van der Waals surface area contributed by atoms with Crippen molar-refractivity contribution in [2.45, 2.75) is 5.92 Å². The van der Waals surface area contributed by atoms with Gasteiger partial charge in [0.25, 0.3) is 0 Å². The summed E-state index contributed by atoms with van der Waals surface area (Å²) in [6, 6.07) is 4.01. The van der Waals surface area contributed by atoms with Gasteiger partial charge in [0.15, 0.2) is 0 Å². The Morgan fingerprint density at radius 1 is 1.57 bits per heavy atom. The van der Waals surface area contributed by atoms with Gasteiger partial charge in [-0.1, -0.05) is 18.2 Å². The number of halogens is 1. The van der Waals surface area contributed by atoms with Crippen LogP contribution in [0, 0.1) is 22.9 Å². The van der Waals surface area contributed by atoms with Crippen LogP contribution in [0.15, 0.2) is 30.9 Å². The van der Waals surface area contributed by atoms with E-state index in [1.807, 2.05) is 0 Å². The summed E-state index contributed by atoms with van der Waals surface area (Å²) in [6.07, 6.45) is 1.43. The van der Waals surface area contributed by atoms with Crippen molar-refractivity contribution >= 4 is 5.69 Å². The summed E-state index contributed by atoms with van der Waals surface area (Å²) >= 11 is 0. The maximum Gasteiger partial charge on any atom is 0.305 e. The molecule has 0 spiro atoms. The lowest BCUT2D eigenvalue weighted by Crippen LogP contribution is -1.99. The summed E-state index contributed by atoms with van der Waals surface area (Å²) in [5.41, 5.74) is -0.341. The van der Waals surface area contributed by atoms with E-state index in [0.29, 0.717) is 0 Å². The lowest BCUT2D eigenvalue weighted by molar-refractivity contribution is -0.387. The van der Waals surface area contributed by atoms with Gasteiger partial charge < -0.3 is 0 Å². The molecule has 0 aliphatic rings. The zero-order valence-corrected chi connectivity index (χ0v) is 7.44. The average molecular weight is 194 g/mol. The molecule has 73 valence electrons. The molecule has 3 nitrogen and oxygen atoms in total. The summed E-state index contributed by atoms with van der Waals surface area (Å²) in [7, 11) is 0. The van der Waals surface area contributed by atoms with Gasteiger partial charge in [0.2, 0.25) is 5.82 Å². The van der Waals surface area contributed by atoms with Crippen LogP contribution in [-0.4, -0.2) is 4.92 Å². The molecule has 0 N–H and O–H groups in total. The molecule has 1 radical (unpaired) electrons. The van der Waals surface area contributed by atoms with E-state index < -0.39 is 22.3 Å². The zero-order chi connectivity index (χ0) is 10.7. The van der Waals surface area contributed by atoms with Crippen LogP contribution in [0.2, 0.25) is 0 Å². The smallest absolute Gasteiger partial charge is 0.258 e. The minimum atomic E-state index is -0.836. The minimum absolute atomic E-state index is 0.189. The number of nitro groups is 1. The van der Waals surface area contributed by atoms with Gasteiger partial charge in [0, 0.05) is 17.5 Å². The Balaban J connectivity index is 3.26. The molecule has 0 aromatic heterocycles. The van der Waals surface area contributed by atoms with Crippen molar-refractivity contribution in [1.29, 1.82) is 0 Å². The van der Waals surface area contributed by atoms with Gasteiger partial charge in [0.1, 0.15) is 0 Å². The first-order chi connectivity index (χ1) is 6.57. The summed E-state index contributed by atoms with van der Waals surface area (Å²) in [5, 5.41) is 10.4. The van der Waals surface area contributed by atoms with Crippen LogP contribution in [0.5, 0.6) is 0 Å². The highest BCUT2D eigenvalue weighted by Gasteiger charge is 2.18. The van der Waals surface area contributed by atoms with Crippen molar-refractivity contribution in [3.05, 3.63) is 59.3 Å². The fourth-order valence-corrected chi connectivity index (χ4v) is 1.09. The highest BCUT2D eigenvalue weighted by Crippen LogP contribution is 2.26. The van der Waals surface area contributed by atoms with Crippen molar-refractivity contribution in [3.63, 3.8) is 0 Å². The van der Waals surface area contributed by atoms with E-state index in [2.05, 4.69) is 13.5 Å². The molecule has 0 amide bonds. The van der Waals surface area contributed by atoms with Gasteiger partial charge in [-0.3, -0.25) is 10.1 Å². The molecule has 0 aliphatic carbocycles. The summed E-state index contributed by atoms with van der Waals surface area (Å²) in [5.74, 6) is -1.31. The number of hydrogen-bond acceptors (Lipinski definition) is 2. The lowest BCUT2D eigenvalue weighted by atomic mass is 10.0. The third kappa shape index (κ3) is 1.79. The van der Waals surface area contributed by atoms with Crippen LogP contribution in [0.1, 0.15) is 11.5 Å². The molecule has 1 rings (SSSR count). The fraction of sp³-hybridized carbons (Fsp3) is 0.100. The monoisotopic (exact) mass is 194 g/mol. The Hall–Kier alpha value is -1.71. The highest BCUT2D eigenvalue weighted by atomic mass is 19.1. The van der Waals surface area contributed by atoms with E-state index in [0.717, 1.165) is 6.07 Å². The van der Waals surface area contributed by atoms with Crippen molar-refractivity contribution in [2.75, 3.05) is 0 Å². The zero-order valence-electron chi connectivity index (χ0n) is 7.44. The molecule has 1 aromatic carbocycles. The largest absolute Gasteiger partial charge is 0.305 e. The molecule has 14 heavy (non-hydrogen) atoms. The van der Waals surface area contributed by atoms with Gasteiger partial charge in [-0.25, -0.2) is 0 Å².